The van der Waals surface area contributed by atoms with Gasteiger partial charge in [0.15, 0.2) is 0 Å². The van der Waals surface area contributed by atoms with Crippen molar-refractivity contribution in [1.82, 2.24) is 0 Å². The molecule has 1 aromatic rings. The van der Waals surface area contributed by atoms with E-state index in [4.69, 9.17) is 11.5 Å². The molecular weight excluding hydrogens is 226 g/mol. The first-order chi connectivity index (χ1) is 8.72. The largest absolute Gasteiger partial charge is 0.481 e. The lowest BCUT2D eigenvalue weighted by Crippen LogP contribution is -2.23. The lowest BCUT2D eigenvalue weighted by atomic mass is 9.98. The lowest BCUT2D eigenvalue weighted by molar-refractivity contribution is -0.137. The predicted molar refractivity (Wildman–Crippen MR) is 71.7 cm³/mol. The quantitative estimate of drug-likeness (QED) is 0.638. The number of nitrogens with zero attached hydrogens (tertiary/aromatic N) is 1. The summed E-state index contributed by atoms with van der Waals surface area (Å²) in [4.78, 5) is 13.1. The first kappa shape index (κ1) is 12.5. The molecule has 18 heavy (non-hydrogen) atoms. The van der Waals surface area contributed by atoms with E-state index in [1.165, 1.54) is 5.69 Å². The van der Waals surface area contributed by atoms with Gasteiger partial charge in [-0.05, 0) is 18.1 Å². The summed E-state index contributed by atoms with van der Waals surface area (Å²) in [5, 5.41) is 8.95. The molecule has 2 rings (SSSR count). The predicted octanol–water partition coefficient (Wildman–Crippen LogP) is 2.48. The third-order valence-corrected chi connectivity index (χ3v) is 3.33. The highest BCUT2D eigenvalue weighted by Crippen LogP contribution is 2.37. The number of fused-ring (bicyclic) bond motifs is 1. The van der Waals surface area contributed by atoms with Crippen LogP contribution in [0.4, 0.5) is 5.69 Å². The zero-order valence-corrected chi connectivity index (χ0v) is 10.3. The highest BCUT2D eigenvalue weighted by Gasteiger charge is 2.29. The SMILES string of the molecule is C#CCCCN1CC(CC(=O)O)c2ccccc21. The van der Waals surface area contributed by atoms with Crippen LogP contribution >= 0.6 is 0 Å². The fraction of sp³-hybridized carbons (Fsp3) is 0.400. The molecule has 3 nitrogen and oxygen atoms in total. The van der Waals surface area contributed by atoms with Crippen molar-refractivity contribution in [3.63, 3.8) is 0 Å². The van der Waals surface area contributed by atoms with E-state index in [0.717, 1.165) is 31.5 Å². The van der Waals surface area contributed by atoms with Crippen molar-refractivity contribution in [1.29, 1.82) is 0 Å². The summed E-state index contributed by atoms with van der Waals surface area (Å²) in [5.74, 6) is 2.00. The molecule has 0 bridgehead atoms. The monoisotopic (exact) mass is 243 g/mol. The van der Waals surface area contributed by atoms with E-state index >= 15 is 0 Å². The first-order valence-corrected chi connectivity index (χ1v) is 6.21. The van der Waals surface area contributed by atoms with Crippen molar-refractivity contribution in [2.45, 2.75) is 25.2 Å². The number of carbonyl (C=O) groups is 1. The second-order valence-electron chi connectivity index (χ2n) is 4.61. The molecule has 0 fully saturated rings. The standard InChI is InChI=1S/C15H17NO2/c1-2-3-6-9-16-11-12(10-15(17)18)13-7-4-5-8-14(13)16/h1,4-5,7-8,12H,3,6,9-11H2,(H,17,18). The van der Waals surface area contributed by atoms with Crippen molar-refractivity contribution in [2.24, 2.45) is 0 Å². The van der Waals surface area contributed by atoms with Crippen molar-refractivity contribution in [3.05, 3.63) is 29.8 Å². The molecule has 1 aliphatic rings. The van der Waals surface area contributed by atoms with Gasteiger partial charge in [0.1, 0.15) is 0 Å². The Kier molecular flexibility index (Phi) is 3.88. The summed E-state index contributed by atoms with van der Waals surface area (Å²) >= 11 is 0. The van der Waals surface area contributed by atoms with Crippen LogP contribution in [0.5, 0.6) is 0 Å². The number of carboxylic acid groups (broad SMARTS) is 1. The van der Waals surface area contributed by atoms with Crippen LogP contribution in [-0.4, -0.2) is 24.2 Å². The van der Waals surface area contributed by atoms with Crippen molar-refractivity contribution >= 4 is 11.7 Å². The maximum Gasteiger partial charge on any atom is 0.304 e. The van der Waals surface area contributed by atoms with E-state index in [9.17, 15) is 4.79 Å². The van der Waals surface area contributed by atoms with Gasteiger partial charge in [0.2, 0.25) is 0 Å². The molecule has 0 saturated carbocycles. The molecular formula is C15H17NO2. The molecule has 0 saturated heterocycles. The number of rotatable bonds is 5. The summed E-state index contributed by atoms with van der Waals surface area (Å²) in [5.41, 5.74) is 2.32. The van der Waals surface area contributed by atoms with Crippen molar-refractivity contribution in [2.75, 3.05) is 18.0 Å². The van der Waals surface area contributed by atoms with Crippen LogP contribution in [0.25, 0.3) is 0 Å². The number of benzene rings is 1. The van der Waals surface area contributed by atoms with E-state index in [2.05, 4.69) is 16.9 Å². The van der Waals surface area contributed by atoms with Gasteiger partial charge < -0.3 is 10.0 Å². The topological polar surface area (TPSA) is 40.5 Å². The maximum absolute atomic E-state index is 10.9. The second kappa shape index (κ2) is 5.59. The zero-order valence-electron chi connectivity index (χ0n) is 10.3. The van der Waals surface area contributed by atoms with Crippen LogP contribution in [0, 0.1) is 12.3 Å². The van der Waals surface area contributed by atoms with E-state index in [1.54, 1.807) is 0 Å². The van der Waals surface area contributed by atoms with E-state index < -0.39 is 5.97 Å². The van der Waals surface area contributed by atoms with Gasteiger partial charge in [0.25, 0.3) is 0 Å². The number of aliphatic carboxylic acids is 1. The molecule has 1 heterocycles. The highest BCUT2D eigenvalue weighted by molar-refractivity contribution is 5.71. The number of anilines is 1. The Morgan fingerprint density at radius 2 is 2.28 bits per heavy atom. The third-order valence-electron chi connectivity index (χ3n) is 3.33. The van der Waals surface area contributed by atoms with Gasteiger partial charge in [-0.2, -0.15) is 0 Å². The van der Waals surface area contributed by atoms with Crippen molar-refractivity contribution in [3.8, 4) is 12.3 Å². The zero-order chi connectivity index (χ0) is 13.0. The minimum atomic E-state index is -0.736. The summed E-state index contributed by atoms with van der Waals surface area (Å²) < 4.78 is 0. The minimum Gasteiger partial charge on any atom is -0.481 e. The lowest BCUT2D eigenvalue weighted by Gasteiger charge is -2.19. The molecule has 1 atom stereocenters. The summed E-state index contributed by atoms with van der Waals surface area (Å²) in [7, 11) is 0. The molecule has 1 N–H and O–H groups in total. The molecule has 1 unspecified atom stereocenters. The Hall–Kier alpha value is -1.95. The number of unbranched alkanes of at least 4 members (excludes halogenated alkanes) is 1. The normalized spacial score (nSPS) is 17.3. The molecule has 94 valence electrons. The Bertz CT molecular complexity index is 476. The first-order valence-electron chi connectivity index (χ1n) is 6.21. The number of para-hydroxylation sites is 1. The van der Waals surface area contributed by atoms with Gasteiger partial charge in [-0.25, -0.2) is 0 Å². The summed E-state index contributed by atoms with van der Waals surface area (Å²) in [6.45, 7) is 1.69. The third kappa shape index (κ3) is 2.65. The van der Waals surface area contributed by atoms with Crippen LogP contribution in [0.1, 0.15) is 30.7 Å². The van der Waals surface area contributed by atoms with Gasteiger partial charge in [-0.15, -0.1) is 12.3 Å². The minimum absolute atomic E-state index is 0.101. The van der Waals surface area contributed by atoms with Crippen LogP contribution in [0.3, 0.4) is 0 Å². The van der Waals surface area contributed by atoms with Gasteiger partial charge in [-0.1, -0.05) is 18.2 Å². The molecule has 0 aliphatic carbocycles. The number of hydrogen-bond acceptors (Lipinski definition) is 2. The summed E-state index contributed by atoms with van der Waals surface area (Å²) in [6.07, 6.45) is 7.17. The Morgan fingerprint density at radius 1 is 1.50 bits per heavy atom. The maximum atomic E-state index is 10.9. The smallest absolute Gasteiger partial charge is 0.304 e. The molecule has 3 heteroatoms. The number of carboxylic acids is 1. The van der Waals surface area contributed by atoms with Crippen LogP contribution in [-0.2, 0) is 4.79 Å². The molecule has 1 aromatic carbocycles. The van der Waals surface area contributed by atoms with Crippen LogP contribution in [0.2, 0.25) is 0 Å². The van der Waals surface area contributed by atoms with E-state index in [1.807, 2.05) is 18.2 Å². The molecule has 0 amide bonds. The van der Waals surface area contributed by atoms with Gasteiger partial charge in [0.05, 0.1) is 6.42 Å². The van der Waals surface area contributed by atoms with Gasteiger partial charge >= 0.3 is 5.97 Å². The fourth-order valence-electron chi connectivity index (χ4n) is 2.55. The van der Waals surface area contributed by atoms with Gasteiger partial charge in [-0.3, -0.25) is 4.79 Å². The molecule has 0 spiro atoms. The molecule has 0 radical (unpaired) electrons. The van der Waals surface area contributed by atoms with Crippen LogP contribution in [0.15, 0.2) is 24.3 Å². The Morgan fingerprint density at radius 3 is 3.00 bits per heavy atom. The average molecular weight is 243 g/mol. The van der Waals surface area contributed by atoms with Gasteiger partial charge in [0, 0.05) is 31.1 Å². The van der Waals surface area contributed by atoms with E-state index in [-0.39, 0.29) is 12.3 Å². The van der Waals surface area contributed by atoms with Crippen molar-refractivity contribution < 1.29 is 9.90 Å². The Labute approximate surface area is 107 Å². The number of hydrogen-bond donors (Lipinski definition) is 1. The Balaban J connectivity index is 2.12. The number of terminal acetylenes is 1. The molecule has 1 aliphatic heterocycles. The second-order valence-corrected chi connectivity index (χ2v) is 4.61. The van der Waals surface area contributed by atoms with Crippen LogP contribution < -0.4 is 4.90 Å². The molecule has 0 aromatic heterocycles. The fourth-order valence-corrected chi connectivity index (χ4v) is 2.55. The highest BCUT2D eigenvalue weighted by atomic mass is 16.4. The summed E-state index contributed by atoms with van der Waals surface area (Å²) in [6, 6.07) is 8.06. The average Bonchev–Trinajstić information content (AvgIpc) is 2.68. The van der Waals surface area contributed by atoms with E-state index in [0.29, 0.717) is 0 Å².